The molecule has 2 aromatic carbocycles. The Morgan fingerprint density at radius 3 is 2.52 bits per heavy atom. The van der Waals surface area contributed by atoms with Crippen LogP contribution in [0.5, 0.6) is 11.5 Å². The Kier molecular flexibility index (Phi) is 5.18. The third kappa shape index (κ3) is 3.95. The summed E-state index contributed by atoms with van der Waals surface area (Å²) in [5.41, 5.74) is 0.463. The predicted octanol–water partition coefficient (Wildman–Crippen LogP) is 2.80. The Balaban J connectivity index is 2.11. The molecule has 0 unspecified atom stereocenters. The van der Waals surface area contributed by atoms with E-state index in [1.54, 1.807) is 18.2 Å². The molecule has 0 saturated carbocycles. The van der Waals surface area contributed by atoms with Crippen LogP contribution in [-0.4, -0.2) is 40.3 Å². The minimum Gasteiger partial charge on any atom is -0.497 e. The van der Waals surface area contributed by atoms with Crippen molar-refractivity contribution in [2.45, 2.75) is 6.04 Å². The third-order valence-electron chi connectivity index (χ3n) is 4.18. The first-order chi connectivity index (χ1) is 12.8. The molecule has 0 N–H and O–H groups in total. The highest BCUT2D eigenvalue weighted by molar-refractivity contribution is 7.94. The summed E-state index contributed by atoms with van der Waals surface area (Å²) in [7, 11) is -0.487. The number of sulfone groups is 1. The van der Waals surface area contributed by atoms with E-state index in [0.29, 0.717) is 17.2 Å². The van der Waals surface area contributed by atoms with Gasteiger partial charge in [-0.25, -0.2) is 12.8 Å². The van der Waals surface area contributed by atoms with Crippen molar-refractivity contribution in [2.24, 2.45) is 0 Å². The first kappa shape index (κ1) is 18.9. The third-order valence-corrected chi connectivity index (χ3v) is 5.56. The molecule has 0 bridgehead atoms. The lowest BCUT2D eigenvalue weighted by molar-refractivity contribution is 0.0982. The van der Waals surface area contributed by atoms with E-state index < -0.39 is 27.6 Å². The van der Waals surface area contributed by atoms with Crippen LogP contribution in [0.1, 0.15) is 10.4 Å². The van der Waals surface area contributed by atoms with Crippen LogP contribution in [0.15, 0.2) is 53.9 Å². The average molecular weight is 391 g/mol. The van der Waals surface area contributed by atoms with Crippen LogP contribution in [0.4, 0.5) is 10.1 Å². The van der Waals surface area contributed by atoms with Crippen molar-refractivity contribution >= 4 is 21.4 Å². The van der Waals surface area contributed by atoms with Gasteiger partial charge < -0.3 is 9.47 Å². The molecule has 142 valence electrons. The summed E-state index contributed by atoms with van der Waals surface area (Å²) in [6.07, 6.45) is 1.44. The fourth-order valence-electron chi connectivity index (χ4n) is 2.90. The molecule has 2 aromatic rings. The molecule has 0 saturated heterocycles. The maximum absolute atomic E-state index is 13.6. The van der Waals surface area contributed by atoms with Crippen molar-refractivity contribution in [3.05, 3.63) is 65.3 Å². The van der Waals surface area contributed by atoms with Crippen molar-refractivity contribution in [1.82, 2.24) is 0 Å². The van der Waals surface area contributed by atoms with Gasteiger partial charge in [-0.05, 0) is 36.4 Å². The molecule has 1 atom stereocenters. The predicted molar refractivity (Wildman–Crippen MR) is 99.5 cm³/mol. The van der Waals surface area contributed by atoms with Gasteiger partial charge in [-0.1, -0.05) is 6.07 Å². The van der Waals surface area contributed by atoms with Gasteiger partial charge in [-0.15, -0.1) is 0 Å². The number of ether oxygens (including phenoxy) is 2. The number of halogens is 1. The second kappa shape index (κ2) is 7.40. The Hall–Kier alpha value is -2.87. The van der Waals surface area contributed by atoms with E-state index in [9.17, 15) is 17.6 Å². The number of amides is 1. The zero-order valence-electron chi connectivity index (χ0n) is 14.8. The molecule has 0 aromatic heterocycles. The van der Waals surface area contributed by atoms with Gasteiger partial charge >= 0.3 is 0 Å². The lowest BCUT2D eigenvalue weighted by Gasteiger charge is -2.29. The van der Waals surface area contributed by atoms with Crippen LogP contribution in [0.2, 0.25) is 0 Å². The molecule has 1 amide bonds. The van der Waals surface area contributed by atoms with Crippen molar-refractivity contribution in [3.8, 4) is 11.5 Å². The molecule has 8 heteroatoms. The molecular formula is C19H18FNO5S. The summed E-state index contributed by atoms with van der Waals surface area (Å²) < 4.78 is 48.0. The number of nitrogens with zero attached hydrogens (tertiary/aromatic N) is 1. The Morgan fingerprint density at radius 1 is 1.15 bits per heavy atom. The molecule has 3 rings (SSSR count). The first-order valence-electron chi connectivity index (χ1n) is 8.07. The van der Waals surface area contributed by atoms with Crippen LogP contribution in [-0.2, 0) is 9.84 Å². The maximum Gasteiger partial charge on any atom is 0.259 e. The van der Waals surface area contributed by atoms with Gasteiger partial charge in [-0.2, -0.15) is 0 Å². The number of carbonyl (C=O) groups excluding carboxylic acids is 1. The number of methoxy groups -OCH3 is 2. The zero-order valence-corrected chi connectivity index (χ0v) is 15.6. The SMILES string of the molecule is COc1ccc(N(C(=O)c2cccc(F)c2)[C@@H]2C=CS(=O)(=O)C2)c(OC)c1. The van der Waals surface area contributed by atoms with E-state index >= 15 is 0 Å². The summed E-state index contributed by atoms with van der Waals surface area (Å²) in [5, 5.41) is 1.08. The van der Waals surface area contributed by atoms with E-state index in [0.717, 1.165) is 11.5 Å². The second-order valence-corrected chi connectivity index (χ2v) is 7.88. The van der Waals surface area contributed by atoms with Crippen molar-refractivity contribution in [1.29, 1.82) is 0 Å². The Labute approximate surface area is 156 Å². The van der Waals surface area contributed by atoms with Gasteiger partial charge in [0.1, 0.15) is 17.3 Å². The molecule has 1 aliphatic heterocycles. The molecule has 0 aliphatic carbocycles. The minimum atomic E-state index is -3.42. The summed E-state index contributed by atoms with van der Waals surface area (Å²) in [6, 6.07) is 9.33. The second-order valence-electron chi connectivity index (χ2n) is 5.95. The number of hydrogen-bond acceptors (Lipinski definition) is 5. The molecule has 0 fully saturated rings. The highest BCUT2D eigenvalue weighted by Crippen LogP contribution is 2.35. The maximum atomic E-state index is 13.6. The molecular weight excluding hydrogens is 373 g/mol. The quantitative estimate of drug-likeness (QED) is 0.784. The van der Waals surface area contributed by atoms with Crippen molar-refractivity contribution < 1.29 is 27.1 Å². The molecule has 0 radical (unpaired) electrons. The number of hydrogen-bond donors (Lipinski definition) is 0. The Bertz CT molecular complexity index is 1000. The zero-order chi connectivity index (χ0) is 19.6. The number of anilines is 1. The number of benzene rings is 2. The first-order valence-corrected chi connectivity index (χ1v) is 9.78. The van der Waals surface area contributed by atoms with Crippen LogP contribution >= 0.6 is 0 Å². The summed E-state index contributed by atoms with van der Waals surface area (Å²) in [5.74, 6) is -0.509. The van der Waals surface area contributed by atoms with E-state index in [-0.39, 0.29) is 11.3 Å². The standard InChI is InChI=1S/C19H18FNO5S/c1-25-16-6-7-17(18(11-16)26-2)21(15-8-9-27(23,24)12-15)19(22)13-4-3-5-14(20)10-13/h3-11,15H,12H2,1-2H3/t15-/m1/s1. The highest BCUT2D eigenvalue weighted by Gasteiger charge is 2.33. The van der Waals surface area contributed by atoms with Crippen LogP contribution in [0, 0.1) is 5.82 Å². The normalized spacial score (nSPS) is 17.5. The van der Waals surface area contributed by atoms with Gasteiger partial charge in [0.05, 0.1) is 31.7 Å². The Morgan fingerprint density at radius 2 is 1.93 bits per heavy atom. The summed E-state index contributed by atoms with van der Waals surface area (Å²) in [6.45, 7) is 0. The monoisotopic (exact) mass is 391 g/mol. The molecule has 6 nitrogen and oxygen atoms in total. The van der Waals surface area contributed by atoms with Gasteiger partial charge in [0, 0.05) is 17.0 Å². The summed E-state index contributed by atoms with van der Waals surface area (Å²) >= 11 is 0. The number of rotatable bonds is 5. The molecule has 0 spiro atoms. The van der Waals surface area contributed by atoms with Crippen LogP contribution in [0.3, 0.4) is 0 Å². The minimum absolute atomic E-state index is 0.102. The smallest absolute Gasteiger partial charge is 0.259 e. The van der Waals surface area contributed by atoms with Gasteiger partial charge in [-0.3, -0.25) is 9.69 Å². The van der Waals surface area contributed by atoms with Gasteiger partial charge in [0.2, 0.25) is 0 Å². The topological polar surface area (TPSA) is 72.9 Å². The average Bonchev–Trinajstić information content (AvgIpc) is 3.01. The van der Waals surface area contributed by atoms with Gasteiger partial charge in [0.15, 0.2) is 9.84 Å². The largest absolute Gasteiger partial charge is 0.497 e. The fraction of sp³-hybridized carbons (Fsp3) is 0.211. The van der Waals surface area contributed by atoms with Gasteiger partial charge in [0.25, 0.3) is 5.91 Å². The summed E-state index contributed by atoms with van der Waals surface area (Å²) in [4.78, 5) is 14.5. The van der Waals surface area contributed by atoms with E-state index in [2.05, 4.69) is 0 Å². The molecule has 27 heavy (non-hydrogen) atoms. The number of carbonyl (C=O) groups is 1. The van der Waals surface area contributed by atoms with Crippen LogP contribution < -0.4 is 14.4 Å². The molecule has 1 heterocycles. The van der Waals surface area contributed by atoms with Crippen molar-refractivity contribution in [3.63, 3.8) is 0 Å². The van der Waals surface area contributed by atoms with Crippen molar-refractivity contribution in [2.75, 3.05) is 24.9 Å². The van der Waals surface area contributed by atoms with Crippen LogP contribution in [0.25, 0.3) is 0 Å². The van der Waals surface area contributed by atoms with E-state index in [4.69, 9.17) is 9.47 Å². The van der Waals surface area contributed by atoms with E-state index in [1.165, 1.54) is 43.4 Å². The lowest BCUT2D eigenvalue weighted by Crippen LogP contribution is -2.41. The fourth-order valence-corrected chi connectivity index (χ4v) is 4.17. The highest BCUT2D eigenvalue weighted by atomic mass is 32.2. The van der Waals surface area contributed by atoms with E-state index in [1.807, 2.05) is 0 Å². The molecule has 1 aliphatic rings. The lowest BCUT2D eigenvalue weighted by atomic mass is 10.1.